The van der Waals surface area contributed by atoms with Crippen LogP contribution in [0.25, 0.3) is 11.3 Å². The topological polar surface area (TPSA) is 145 Å². The molecular formula is C25H21N5O6. The molecule has 3 aliphatic heterocycles. The second-order valence-corrected chi connectivity index (χ2v) is 8.35. The number of carbonyl (C=O) groups is 1. The highest BCUT2D eigenvalue weighted by molar-refractivity contribution is 5.74. The van der Waals surface area contributed by atoms with Crippen molar-refractivity contribution < 1.29 is 28.5 Å². The van der Waals surface area contributed by atoms with Crippen molar-refractivity contribution in [3.8, 4) is 40.5 Å². The summed E-state index contributed by atoms with van der Waals surface area (Å²) in [7, 11) is 0. The number of ether oxygens (including phenoxy) is 5. The van der Waals surface area contributed by atoms with Gasteiger partial charge in [-0.05, 0) is 35.9 Å². The summed E-state index contributed by atoms with van der Waals surface area (Å²) in [4.78, 5) is 14.2. The van der Waals surface area contributed by atoms with Crippen molar-refractivity contribution in [1.29, 1.82) is 5.26 Å². The first-order valence-corrected chi connectivity index (χ1v) is 11.3. The second-order valence-electron chi connectivity index (χ2n) is 8.35. The van der Waals surface area contributed by atoms with E-state index < -0.39 is 12.0 Å². The number of fused-ring (bicyclic) bond motifs is 2. The summed E-state index contributed by atoms with van der Waals surface area (Å²) in [5.41, 5.74) is 9.08. The van der Waals surface area contributed by atoms with Gasteiger partial charge in [-0.2, -0.15) is 5.26 Å². The fourth-order valence-corrected chi connectivity index (χ4v) is 4.52. The number of nitrogens with two attached hydrogens (primary N) is 1. The van der Waals surface area contributed by atoms with Crippen molar-refractivity contribution in [3.05, 3.63) is 65.0 Å². The summed E-state index contributed by atoms with van der Waals surface area (Å²) < 4.78 is 27.6. The number of carbonyl (C=O) groups excluding carboxylic acids is 1. The Morgan fingerprint density at radius 3 is 2.83 bits per heavy atom. The molecule has 2 aromatic carbocycles. The second kappa shape index (κ2) is 8.83. The Morgan fingerprint density at radius 2 is 2.00 bits per heavy atom. The molecule has 0 bridgehead atoms. The van der Waals surface area contributed by atoms with E-state index in [1.807, 2.05) is 24.3 Å². The van der Waals surface area contributed by atoms with Crippen molar-refractivity contribution in [1.82, 2.24) is 15.1 Å². The van der Waals surface area contributed by atoms with Crippen LogP contribution in [-0.2, 0) is 4.74 Å². The minimum absolute atomic E-state index is 0.0329. The zero-order valence-electron chi connectivity index (χ0n) is 19.0. The van der Waals surface area contributed by atoms with E-state index in [-0.39, 0.29) is 24.1 Å². The SMILES string of the molecule is N#CC1=C(N)Oc2n[nH]c(-c3ccc4c(c3)OCO4)c2[C@@H]1c1cccc(OC(=O)N2CCOCC2)c1. The van der Waals surface area contributed by atoms with Crippen LogP contribution in [0.3, 0.4) is 0 Å². The number of amides is 1. The third-order valence-electron chi connectivity index (χ3n) is 6.27. The van der Waals surface area contributed by atoms with Crippen LogP contribution in [0.1, 0.15) is 17.0 Å². The number of rotatable bonds is 3. The smallest absolute Gasteiger partial charge is 0.415 e. The van der Waals surface area contributed by atoms with Crippen molar-refractivity contribution in [2.75, 3.05) is 33.1 Å². The first-order valence-electron chi connectivity index (χ1n) is 11.3. The lowest BCUT2D eigenvalue weighted by molar-refractivity contribution is 0.0416. The maximum absolute atomic E-state index is 12.6. The average Bonchev–Trinajstić information content (AvgIpc) is 3.55. The zero-order valence-corrected chi connectivity index (χ0v) is 19.0. The normalized spacial score (nSPS) is 18.3. The lowest BCUT2D eigenvalue weighted by atomic mass is 9.83. The van der Waals surface area contributed by atoms with Crippen molar-refractivity contribution >= 4 is 6.09 Å². The van der Waals surface area contributed by atoms with Gasteiger partial charge in [0.05, 0.1) is 30.4 Å². The van der Waals surface area contributed by atoms with Gasteiger partial charge in [0.2, 0.25) is 18.6 Å². The molecule has 1 fully saturated rings. The minimum Gasteiger partial charge on any atom is -0.454 e. The molecule has 1 atom stereocenters. The molecule has 0 radical (unpaired) electrons. The largest absolute Gasteiger partial charge is 0.454 e. The predicted molar refractivity (Wildman–Crippen MR) is 124 cm³/mol. The Morgan fingerprint density at radius 1 is 1.17 bits per heavy atom. The number of benzene rings is 2. The van der Waals surface area contributed by atoms with Crippen LogP contribution in [0.2, 0.25) is 0 Å². The quantitative estimate of drug-likeness (QED) is 0.569. The Balaban J connectivity index is 1.39. The van der Waals surface area contributed by atoms with Crippen LogP contribution in [0, 0.1) is 11.3 Å². The van der Waals surface area contributed by atoms with E-state index in [9.17, 15) is 10.1 Å². The number of allylic oxidation sites excluding steroid dienone is 1. The van der Waals surface area contributed by atoms with Crippen LogP contribution in [0.4, 0.5) is 4.79 Å². The number of aromatic amines is 1. The van der Waals surface area contributed by atoms with Gasteiger partial charge >= 0.3 is 6.09 Å². The van der Waals surface area contributed by atoms with E-state index in [0.717, 1.165) is 5.56 Å². The zero-order chi connectivity index (χ0) is 24.6. The predicted octanol–water partition coefficient (Wildman–Crippen LogP) is 2.85. The molecule has 0 unspecified atom stereocenters. The maximum atomic E-state index is 12.6. The first-order chi connectivity index (χ1) is 17.6. The highest BCUT2D eigenvalue weighted by Gasteiger charge is 2.36. The third kappa shape index (κ3) is 3.73. The van der Waals surface area contributed by atoms with E-state index in [0.29, 0.717) is 60.4 Å². The number of hydrogen-bond acceptors (Lipinski definition) is 9. The van der Waals surface area contributed by atoms with Gasteiger partial charge in [0.15, 0.2) is 11.5 Å². The molecule has 1 aromatic heterocycles. The summed E-state index contributed by atoms with van der Waals surface area (Å²) in [5, 5.41) is 17.3. The molecule has 6 rings (SSSR count). The molecule has 1 saturated heterocycles. The van der Waals surface area contributed by atoms with Gasteiger partial charge in [-0.15, -0.1) is 5.10 Å². The molecule has 1 amide bonds. The highest BCUT2D eigenvalue weighted by atomic mass is 16.7. The number of morpholine rings is 1. The lowest BCUT2D eigenvalue weighted by Gasteiger charge is -2.26. The molecule has 3 N–H and O–H groups in total. The van der Waals surface area contributed by atoms with Gasteiger partial charge in [0, 0.05) is 18.7 Å². The van der Waals surface area contributed by atoms with Gasteiger partial charge in [-0.25, -0.2) is 4.79 Å². The Bertz CT molecular complexity index is 1420. The van der Waals surface area contributed by atoms with Crippen LogP contribution < -0.4 is 24.7 Å². The number of H-pyrrole nitrogens is 1. The summed E-state index contributed by atoms with van der Waals surface area (Å²) in [6.07, 6.45) is -0.456. The summed E-state index contributed by atoms with van der Waals surface area (Å²) in [5.74, 6) is 1.23. The van der Waals surface area contributed by atoms with Gasteiger partial charge < -0.3 is 34.3 Å². The van der Waals surface area contributed by atoms with Gasteiger partial charge in [0.1, 0.15) is 17.4 Å². The molecule has 182 valence electrons. The molecular weight excluding hydrogens is 466 g/mol. The highest BCUT2D eigenvalue weighted by Crippen LogP contribution is 2.47. The molecule has 0 spiro atoms. The molecule has 4 heterocycles. The Hall–Kier alpha value is -4.69. The average molecular weight is 487 g/mol. The number of hydrogen-bond donors (Lipinski definition) is 2. The molecule has 0 saturated carbocycles. The Kier molecular flexibility index (Phi) is 5.35. The molecule has 11 heteroatoms. The summed E-state index contributed by atoms with van der Waals surface area (Å²) >= 11 is 0. The van der Waals surface area contributed by atoms with Crippen LogP contribution in [0.15, 0.2) is 53.9 Å². The minimum atomic E-state index is -0.611. The molecule has 11 nitrogen and oxygen atoms in total. The van der Waals surface area contributed by atoms with Crippen LogP contribution in [-0.4, -0.2) is 54.3 Å². The van der Waals surface area contributed by atoms with Crippen LogP contribution >= 0.6 is 0 Å². The number of aromatic nitrogens is 2. The molecule has 3 aromatic rings. The molecule has 0 aliphatic carbocycles. The van der Waals surface area contributed by atoms with E-state index in [4.69, 9.17) is 29.4 Å². The van der Waals surface area contributed by atoms with Crippen molar-refractivity contribution in [2.24, 2.45) is 5.73 Å². The summed E-state index contributed by atoms with van der Waals surface area (Å²) in [6.45, 7) is 2.03. The van der Waals surface area contributed by atoms with Crippen molar-refractivity contribution in [3.63, 3.8) is 0 Å². The van der Waals surface area contributed by atoms with E-state index >= 15 is 0 Å². The standard InChI is InChI=1S/C25H21N5O6/c26-12-17-20(14-2-1-3-16(10-14)35-25(31)30-6-8-32-9-7-30)21-22(28-29-24(21)36-23(17)27)15-4-5-18-19(11-15)34-13-33-18/h1-5,10-11,20H,6-9,13,27H2,(H,28,29)/t20-/m1/s1. The van der Waals surface area contributed by atoms with E-state index in [1.54, 1.807) is 23.1 Å². The number of nitrogens with one attached hydrogen (secondary N) is 1. The first kappa shape index (κ1) is 21.8. The van der Waals surface area contributed by atoms with Gasteiger partial charge in [-0.3, -0.25) is 5.10 Å². The van der Waals surface area contributed by atoms with E-state index in [1.165, 1.54) is 0 Å². The van der Waals surface area contributed by atoms with Gasteiger partial charge in [-0.1, -0.05) is 12.1 Å². The Labute approximate surface area is 205 Å². The summed E-state index contributed by atoms with van der Waals surface area (Å²) in [6, 6.07) is 14.7. The van der Waals surface area contributed by atoms with E-state index in [2.05, 4.69) is 16.3 Å². The monoisotopic (exact) mass is 487 g/mol. The van der Waals surface area contributed by atoms with Crippen LogP contribution in [0.5, 0.6) is 23.1 Å². The maximum Gasteiger partial charge on any atom is 0.415 e. The fraction of sp³-hybridized carbons (Fsp3) is 0.240. The fourth-order valence-electron chi connectivity index (χ4n) is 4.52. The number of nitrogens with zero attached hydrogens (tertiary/aromatic N) is 3. The molecule has 3 aliphatic rings. The lowest BCUT2D eigenvalue weighted by Crippen LogP contribution is -2.42. The van der Waals surface area contributed by atoms with Gasteiger partial charge in [0.25, 0.3) is 0 Å². The van der Waals surface area contributed by atoms with Crippen molar-refractivity contribution in [2.45, 2.75) is 5.92 Å². The molecule has 36 heavy (non-hydrogen) atoms. The number of nitriles is 1. The third-order valence-corrected chi connectivity index (χ3v) is 6.27.